The Hall–Kier alpha value is -1.49. The Morgan fingerprint density at radius 3 is 2.65 bits per heavy atom. The van der Waals surface area contributed by atoms with Gasteiger partial charge in [0.05, 0.1) is 14.2 Å². The lowest BCUT2D eigenvalue weighted by atomic mass is 10.3. The molecule has 0 amide bonds. The van der Waals surface area contributed by atoms with E-state index in [0.29, 0.717) is 5.70 Å². The van der Waals surface area contributed by atoms with Gasteiger partial charge in [0.25, 0.3) is 0 Å². The number of carbonyl (C=O) groups excluding carboxylic acids is 1. The summed E-state index contributed by atoms with van der Waals surface area (Å²) in [6, 6.07) is 7.58. The standard InChI is InChI=1S/C12H14BrNO3/c1-14(10-6-4-5-9(13)7-10)11(8-16-2)12(15)17-3/h4-8H,1-3H3/b11-8-. The van der Waals surface area contributed by atoms with Crippen molar-refractivity contribution in [1.29, 1.82) is 0 Å². The van der Waals surface area contributed by atoms with Crippen molar-refractivity contribution in [2.75, 3.05) is 26.2 Å². The topological polar surface area (TPSA) is 38.8 Å². The number of carbonyl (C=O) groups is 1. The van der Waals surface area contributed by atoms with Gasteiger partial charge in [-0.15, -0.1) is 0 Å². The van der Waals surface area contributed by atoms with Gasteiger partial charge in [0.15, 0.2) is 5.70 Å². The molecule has 1 aromatic carbocycles. The Morgan fingerprint density at radius 2 is 2.12 bits per heavy atom. The second-order valence-electron chi connectivity index (χ2n) is 3.27. The van der Waals surface area contributed by atoms with E-state index in [1.54, 1.807) is 11.9 Å². The maximum absolute atomic E-state index is 11.6. The molecule has 0 unspecified atom stereocenters. The first-order valence-electron chi connectivity index (χ1n) is 4.90. The van der Waals surface area contributed by atoms with E-state index in [9.17, 15) is 4.79 Å². The summed E-state index contributed by atoms with van der Waals surface area (Å²) >= 11 is 3.38. The van der Waals surface area contributed by atoms with E-state index in [1.165, 1.54) is 20.5 Å². The molecule has 0 aliphatic rings. The summed E-state index contributed by atoms with van der Waals surface area (Å²) in [6.45, 7) is 0. The summed E-state index contributed by atoms with van der Waals surface area (Å²) in [6.07, 6.45) is 1.35. The zero-order valence-corrected chi connectivity index (χ0v) is 11.5. The van der Waals surface area contributed by atoms with Crippen LogP contribution in [-0.2, 0) is 14.3 Å². The van der Waals surface area contributed by atoms with Gasteiger partial charge < -0.3 is 14.4 Å². The van der Waals surface area contributed by atoms with Gasteiger partial charge in [-0.3, -0.25) is 0 Å². The summed E-state index contributed by atoms with van der Waals surface area (Å²) in [7, 11) is 4.59. The van der Waals surface area contributed by atoms with Crippen LogP contribution in [0.5, 0.6) is 0 Å². The van der Waals surface area contributed by atoms with Crippen LogP contribution in [0.2, 0.25) is 0 Å². The minimum Gasteiger partial charge on any atom is -0.502 e. The quantitative estimate of drug-likeness (QED) is 0.486. The van der Waals surface area contributed by atoms with Gasteiger partial charge in [0.1, 0.15) is 6.26 Å². The van der Waals surface area contributed by atoms with Gasteiger partial charge in [0.2, 0.25) is 0 Å². The highest BCUT2D eigenvalue weighted by Gasteiger charge is 2.16. The fraction of sp³-hybridized carbons (Fsp3) is 0.250. The fourth-order valence-corrected chi connectivity index (χ4v) is 1.69. The highest BCUT2D eigenvalue weighted by atomic mass is 79.9. The van der Waals surface area contributed by atoms with Crippen molar-refractivity contribution in [3.63, 3.8) is 0 Å². The Morgan fingerprint density at radius 1 is 1.41 bits per heavy atom. The molecule has 0 spiro atoms. The lowest BCUT2D eigenvalue weighted by Crippen LogP contribution is -2.24. The van der Waals surface area contributed by atoms with Crippen LogP contribution in [0.3, 0.4) is 0 Å². The van der Waals surface area contributed by atoms with Gasteiger partial charge in [-0.1, -0.05) is 22.0 Å². The molecular weight excluding hydrogens is 286 g/mol. The predicted molar refractivity (Wildman–Crippen MR) is 69.7 cm³/mol. The second-order valence-corrected chi connectivity index (χ2v) is 4.18. The molecule has 4 nitrogen and oxygen atoms in total. The molecule has 0 aromatic heterocycles. The second kappa shape index (κ2) is 6.30. The first-order chi connectivity index (χ1) is 8.10. The Labute approximate surface area is 109 Å². The molecule has 0 saturated carbocycles. The molecule has 0 radical (unpaired) electrons. The minimum atomic E-state index is -0.450. The smallest absolute Gasteiger partial charge is 0.357 e. The van der Waals surface area contributed by atoms with Crippen LogP contribution in [-0.4, -0.2) is 27.2 Å². The molecule has 0 heterocycles. The average Bonchev–Trinajstić information content (AvgIpc) is 2.34. The largest absolute Gasteiger partial charge is 0.502 e. The predicted octanol–water partition coefficient (Wildman–Crippen LogP) is 2.55. The normalized spacial score (nSPS) is 10.9. The van der Waals surface area contributed by atoms with Crippen molar-refractivity contribution < 1.29 is 14.3 Å². The Kier molecular flexibility index (Phi) is 5.03. The van der Waals surface area contributed by atoms with Crippen molar-refractivity contribution in [2.24, 2.45) is 0 Å². The molecule has 1 rings (SSSR count). The zero-order valence-electron chi connectivity index (χ0n) is 9.94. The summed E-state index contributed by atoms with van der Waals surface area (Å²) in [5.74, 6) is -0.450. The number of rotatable bonds is 4. The molecule has 0 aliphatic carbocycles. The number of benzene rings is 1. The van der Waals surface area contributed by atoms with Crippen LogP contribution in [0.4, 0.5) is 5.69 Å². The van der Waals surface area contributed by atoms with E-state index < -0.39 is 5.97 Å². The van der Waals surface area contributed by atoms with Crippen LogP contribution in [0.1, 0.15) is 0 Å². The lowest BCUT2D eigenvalue weighted by molar-refractivity contribution is -0.136. The van der Waals surface area contributed by atoms with E-state index in [-0.39, 0.29) is 0 Å². The van der Waals surface area contributed by atoms with E-state index >= 15 is 0 Å². The number of halogens is 1. The van der Waals surface area contributed by atoms with Crippen molar-refractivity contribution in [3.8, 4) is 0 Å². The van der Waals surface area contributed by atoms with Crippen LogP contribution in [0.15, 0.2) is 40.7 Å². The third-order valence-electron chi connectivity index (χ3n) is 2.18. The third-order valence-corrected chi connectivity index (χ3v) is 2.67. The maximum Gasteiger partial charge on any atom is 0.357 e. The first kappa shape index (κ1) is 13.6. The minimum absolute atomic E-state index is 0.327. The van der Waals surface area contributed by atoms with Gasteiger partial charge in [-0.25, -0.2) is 4.79 Å². The summed E-state index contributed by atoms with van der Waals surface area (Å²) in [4.78, 5) is 13.3. The lowest BCUT2D eigenvalue weighted by Gasteiger charge is -2.20. The molecule has 0 saturated heterocycles. The Balaban J connectivity index is 3.04. The molecular formula is C12H14BrNO3. The molecule has 0 bridgehead atoms. The van der Waals surface area contributed by atoms with Crippen molar-refractivity contribution in [3.05, 3.63) is 40.7 Å². The molecule has 0 N–H and O–H groups in total. The average molecular weight is 300 g/mol. The number of hydrogen-bond donors (Lipinski definition) is 0. The highest BCUT2D eigenvalue weighted by Crippen LogP contribution is 2.22. The highest BCUT2D eigenvalue weighted by molar-refractivity contribution is 9.10. The van der Waals surface area contributed by atoms with Gasteiger partial charge in [-0.2, -0.15) is 0 Å². The van der Waals surface area contributed by atoms with Crippen LogP contribution < -0.4 is 4.90 Å². The van der Waals surface area contributed by atoms with Crippen molar-refractivity contribution >= 4 is 27.6 Å². The molecule has 5 heteroatoms. The van der Waals surface area contributed by atoms with E-state index in [2.05, 4.69) is 15.9 Å². The number of likely N-dealkylation sites (N-methyl/N-ethyl adjacent to an activating group) is 1. The van der Waals surface area contributed by atoms with Crippen molar-refractivity contribution in [1.82, 2.24) is 0 Å². The van der Waals surface area contributed by atoms with E-state index in [1.807, 2.05) is 24.3 Å². The third kappa shape index (κ3) is 3.49. The molecule has 92 valence electrons. The number of anilines is 1. The van der Waals surface area contributed by atoms with Gasteiger partial charge in [-0.05, 0) is 18.2 Å². The maximum atomic E-state index is 11.6. The van der Waals surface area contributed by atoms with Crippen LogP contribution >= 0.6 is 15.9 Å². The number of nitrogens with zero attached hydrogens (tertiary/aromatic N) is 1. The molecule has 1 aromatic rings. The zero-order chi connectivity index (χ0) is 12.8. The monoisotopic (exact) mass is 299 g/mol. The molecule has 0 fully saturated rings. The number of ether oxygens (including phenoxy) is 2. The number of methoxy groups -OCH3 is 2. The van der Waals surface area contributed by atoms with Crippen LogP contribution in [0.25, 0.3) is 0 Å². The van der Waals surface area contributed by atoms with E-state index in [0.717, 1.165) is 10.2 Å². The SMILES string of the molecule is CO/C=C(/C(=O)OC)N(C)c1cccc(Br)c1. The Bertz CT molecular complexity index is 432. The number of esters is 1. The van der Waals surface area contributed by atoms with Crippen molar-refractivity contribution in [2.45, 2.75) is 0 Å². The molecule has 0 atom stereocenters. The number of hydrogen-bond acceptors (Lipinski definition) is 4. The first-order valence-corrected chi connectivity index (χ1v) is 5.70. The van der Waals surface area contributed by atoms with Crippen LogP contribution in [0, 0.1) is 0 Å². The van der Waals surface area contributed by atoms with Gasteiger partial charge in [0, 0.05) is 17.2 Å². The van der Waals surface area contributed by atoms with Gasteiger partial charge >= 0.3 is 5.97 Å². The summed E-state index contributed by atoms with van der Waals surface area (Å²) in [5, 5.41) is 0. The molecule has 0 aliphatic heterocycles. The van der Waals surface area contributed by atoms with E-state index in [4.69, 9.17) is 9.47 Å². The molecule has 17 heavy (non-hydrogen) atoms. The fourth-order valence-electron chi connectivity index (χ4n) is 1.30. The summed E-state index contributed by atoms with van der Waals surface area (Å²) in [5.41, 5.74) is 1.18. The summed E-state index contributed by atoms with van der Waals surface area (Å²) < 4.78 is 10.5.